The number of likely N-dealkylation sites (tertiary alicyclic amines) is 1. The van der Waals surface area contributed by atoms with Crippen molar-refractivity contribution < 1.29 is 4.42 Å². The predicted molar refractivity (Wildman–Crippen MR) is 87.9 cm³/mol. The minimum absolute atomic E-state index is 0.455. The third kappa shape index (κ3) is 3.44. The zero-order valence-corrected chi connectivity index (χ0v) is 13.8. The summed E-state index contributed by atoms with van der Waals surface area (Å²) in [5.74, 6) is 2.42. The molecular weight excluding hydrogens is 296 g/mol. The lowest BCUT2D eigenvalue weighted by Gasteiger charge is -2.31. The Balaban J connectivity index is 1.66. The number of hydrogen-bond acceptors (Lipinski definition) is 5. The summed E-state index contributed by atoms with van der Waals surface area (Å²) >= 11 is 1.68. The first-order chi connectivity index (χ1) is 10.8. The zero-order chi connectivity index (χ0) is 15.4. The van der Waals surface area contributed by atoms with E-state index in [9.17, 15) is 0 Å². The van der Waals surface area contributed by atoms with E-state index >= 15 is 0 Å². The molecule has 118 valence electrons. The van der Waals surface area contributed by atoms with Gasteiger partial charge in [-0.3, -0.25) is 4.90 Å². The molecule has 5 nitrogen and oxygen atoms in total. The summed E-state index contributed by atoms with van der Waals surface area (Å²) in [5.41, 5.74) is 1.24. The monoisotopic (exact) mass is 318 g/mol. The maximum atomic E-state index is 5.16. The summed E-state index contributed by atoms with van der Waals surface area (Å²) in [4.78, 5) is 2.48. The molecule has 3 rings (SSSR count). The molecule has 1 fully saturated rings. The topological polar surface area (TPSA) is 47.1 Å². The Hall–Kier alpha value is -1.53. The van der Waals surface area contributed by atoms with Crippen LogP contribution < -0.4 is 0 Å². The van der Waals surface area contributed by atoms with Gasteiger partial charge in [-0.05, 0) is 25.5 Å². The number of aromatic nitrogens is 3. The molecule has 1 aliphatic heterocycles. The first-order valence-electron chi connectivity index (χ1n) is 7.64. The fourth-order valence-corrected chi connectivity index (χ4v) is 3.64. The van der Waals surface area contributed by atoms with Gasteiger partial charge in [-0.25, -0.2) is 0 Å². The van der Waals surface area contributed by atoms with E-state index in [1.165, 1.54) is 18.4 Å². The van der Waals surface area contributed by atoms with Crippen LogP contribution in [0.1, 0.15) is 30.1 Å². The maximum Gasteiger partial charge on any atom is 0.191 e. The summed E-state index contributed by atoms with van der Waals surface area (Å²) < 4.78 is 7.30. The smallest absolute Gasteiger partial charge is 0.191 e. The van der Waals surface area contributed by atoms with Gasteiger partial charge in [0, 0.05) is 37.4 Å². The second-order valence-electron chi connectivity index (χ2n) is 5.71. The van der Waals surface area contributed by atoms with E-state index in [0.717, 1.165) is 36.4 Å². The van der Waals surface area contributed by atoms with E-state index in [-0.39, 0.29) is 0 Å². The van der Waals surface area contributed by atoms with Crippen LogP contribution in [0.2, 0.25) is 0 Å². The third-order valence-corrected chi connectivity index (χ3v) is 5.07. The number of piperidine rings is 1. The summed E-state index contributed by atoms with van der Waals surface area (Å²) in [6.07, 6.45) is 7.84. The van der Waals surface area contributed by atoms with Crippen molar-refractivity contribution >= 4 is 11.8 Å². The van der Waals surface area contributed by atoms with E-state index in [1.807, 2.05) is 18.4 Å². The molecule has 0 saturated carbocycles. The number of rotatable bonds is 6. The average Bonchev–Trinajstić information content (AvgIpc) is 3.15. The molecule has 0 aliphatic carbocycles. The third-order valence-electron chi connectivity index (χ3n) is 4.06. The molecule has 1 aliphatic rings. The van der Waals surface area contributed by atoms with Crippen LogP contribution in [0.15, 0.2) is 40.8 Å². The first-order valence-corrected chi connectivity index (χ1v) is 8.63. The Morgan fingerprint density at radius 2 is 2.41 bits per heavy atom. The molecule has 6 heteroatoms. The molecule has 0 spiro atoms. The van der Waals surface area contributed by atoms with Gasteiger partial charge in [-0.1, -0.05) is 17.8 Å². The standard InChI is InChI=1S/C16H22N4OS/c1-3-9-22-16-18-17-15(19(16)2)14-5-4-7-20(11-14)10-13-6-8-21-12-13/h3,6,8,12,14H,1,4-5,7,9-11H2,2H3/t14-/m0/s1. The lowest BCUT2D eigenvalue weighted by Crippen LogP contribution is -2.34. The van der Waals surface area contributed by atoms with Crippen LogP contribution in [0.4, 0.5) is 0 Å². The number of furan rings is 1. The minimum Gasteiger partial charge on any atom is -0.472 e. The number of hydrogen-bond donors (Lipinski definition) is 0. The predicted octanol–water partition coefficient (Wildman–Crippen LogP) is 3.07. The van der Waals surface area contributed by atoms with Gasteiger partial charge in [0.15, 0.2) is 5.16 Å². The number of nitrogens with zero attached hydrogens (tertiary/aromatic N) is 4. The van der Waals surface area contributed by atoms with Gasteiger partial charge in [0.25, 0.3) is 0 Å². The van der Waals surface area contributed by atoms with Crippen LogP contribution in [-0.4, -0.2) is 38.5 Å². The molecule has 2 aromatic heterocycles. The van der Waals surface area contributed by atoms with Crippen LogP contribution in [-0.2, 0) is 13.6 Å². The SMILES string of the molecule is C=CCSc1nnc([C@H]2CCCN(Cc3ccoc3)C2)n1C. The fraction of sp³-hybridized carbons (Fsp3) is 0.500. The molecule has 3 heterocycles. The van der Waals surface area contributed by atoms with Crippen molar-refractivity contribution in [2.45, 2.75) is 30.5 Å². The van der Waals surface area contributed by atoms with Crippen molar-refractivity contribution in [3.63, 3.8) is 0 Å². The van der Waals surface area contributed by atoms with Crippen molar-refractivity contribution in [2.75, 3.05) is 18.8 Å². The van der Waals surface area contributed by atoms with Gasteiger partial charge < -0.3 is 8.98 Å². The Morgan fingerprint density at radius 3 is 3.18 bits per heavy atom. The largest absolute Gasteiger partial charge is 0.472 e. The highest BCUT2D eigenvalue weighted by Crippen LogP contribution is 2.28. The molecule has 0 bridgehead atoms. The zero-order valence-electron chi connectivity index (χ0n) is 12.9. The highest BCUT2D eigenvalue weighted by atomic mass is 32.2. The van der Waals surface area contributed by atoms with Gasteiger partial charge in [0.1, 0.15) is 5.82 Å². The van der Waals surface area contributed by atoms with Gasteiger partial charge in [-0.2, -0.15) is 0 Å². The number of thioether (sulfide) groups is 1. The molecule has 1 atom stereocenters. The maximum absolute atomic E-state index is 5.16. The van der Waals surface area contributed by atoms with E-state index in [2.05, 4.69) is 33.3 Å². The van der Waals surface area contributed by atoms with E-state index in [0.29, 0.717) is 5.92 Å². The van der Waals surface area contributed by atoms with Crippen LogP contribution in [0.5, 0.6) is 0 Å². The van der Waals surface area contributed by atoms with Crippen LogP contribution >= 0.6 is 11.8 Å². The minimum atomic E-state index is 0.455. The van der Waals surface area contributed by atoms with Crippen molar-refractivity contribution in [1.82, 2.24) is 19.7 Å². The fourth-order valence-electron chi connectivity index (χ4n) is 2.99. The van der Waals surface area contributed by atoms with Crippen molar-refractivity contribution in [1.29, 1.82) is 0 Å². The molecule has 2 aromatic rings. The molecule has 22 heavy (non-hydrogen) atoms. The van der Waals surface area contributed by atoms with Crippen LogP contribution in [0.25, 0.3) is 0 Å². The van der Waals surface area contributed by atoms with E-state index < -0.39 is 0 Å². The molecule has 0 amide bonds. The second-order valence-corrected chi connectivity index (χ2v) is 6.69. The highest BCUT2D eigenvalue weighted by Gasteiger charge is 2.26. The van der Waals surface area contributed by atoms with Crippen molar-refractivity contribution in [3.8, 4) is 0 Å². The molecule has 0 unspecified atom stereocenters. The van der Waals surface area contributed by atoms with E-state index in [4.69, 9.17) is 4.42 Å². The van der Waals surface area contributed by atoms with Gasteiger partial charge >= 0.3 is 0 Å². The van der Waals surface area contributed by atoms with Crippen LogP contribution in [0, 0.1) is 0 Å². The molecule has 1 saturated heterocycles. The molecule has 0 aromatic carbocycles. The average molecular weight is 318 g/mol. The second kappa shape index (κ2) is 7.15. The first kappa shape index (κ1) is 15.4. The summed E-state index contributed by atoms with van der Waals surface area (Å²) in [7, 11) is 2.07. The normalized spacial score (nSPS) is 19.4. The molecule has 0 N–H and O–H groups in total. The highest BCUT2D eigenvalue weighted by molar-refractivity contribution is 7.99. The van der Waals surface area contributed by atoms with Gasteiger partial charge in [-0.15, -0.1) is 16.8 Å². The Bertz CT molecular complexity index is 608. The van der Waals surface area contributed by atoms with Gasteiger partial charge in [0.2, 0.25) is 0 Å². The van der Waals surface area contributed by atoms with E-state index in [1.54, 1.807) is 18.0 Å². The summed E-state index contributed by atoms with van der Waals surface area (Å²) in [5, 5.41) is 9.73. The van der Waals surface area contributed by atoms with Crippen molar-refractivity contribution in [3.05, 3.63) is 42.6 Å². The Kier molecular flexibility index (Phi) is 5.00. The lowest BCUT2D eigenvalue weighted by molar-refractivity contribution is 0.194. The van der Waals surface area contributed by atoms with Crippen LogP contribution in [0.3, 0.4) is 0 Å². The lowest BCUT2D eigenvalue weighted by atomic mass is 9.97. The summed E-state index contributed by atoms with van der Waals surface area (Å²) in [6, 6.07) is 2.04. The molecular formula is C16H22N4OS. The Morgan fingerprint density at radius 1 is 1.50 bits per heavy atom. The Labute approximate surface area is 135 Å². The molecule has 0 radical (unpaired) electrons. The summed E-state index contributed by atoms with van der Waals surface area (Å²) in [6.45, 7) is 6.87. The quantitative estimate of drug-likeness (QED) is 0.605. The van der Waals surface area contributed by atoms with Gasteiger partial charge in [0.05, 0.1) is 12.5 Å². The van der Waals surface area contributed by atoms with Crippen molar-refractivity contribution in [2.24, 2.45) is 7.05 Å².